The van der Waals surface area contributed by atoms with Gasteiger partial charge in [0.2, 0.25) is 0 Å². The molecule has 0 aromatic carbocycles. The van der Waals surface area contributed by atoms with Crippen LogP contribution in [0.1, 0.15) is 10.5 Å². The van der Waals surface area contributed by atoms with Gasteiger partial charge in [-0.3, -0.25) is 14.2 Å². The van der Waals surface area contributed by atoms with Crippen molar-refractivity contribution in [1.29, 1.82) is 0 Å². The number of alkyl halides is 3. The lowest BCUT2D eigenvalue weighted by Crippen LogP contribution is -2.18. The molecule has 8 nitrogen and oxygen atoms in total. The van der Waals surface area contributed by atoms with Crippen molar-refractivity contribution in [3.8, 4) is 16.5 Å². The third kappa shape index (κ3) is 4.02. The lowest BCUT2D eigenvalue weighted by molar-refractivity contribution is -0.142. The second kappa shape index (κ2) is 6.78. The molecule has 0 radical (unpaired) electrons. The Morgan fingerprint density at radius 1 is 1.38 bits per heavy atom. The summed E-state index contributed by atoms with van der Waals surface area (Å²) in [5, 5.41) is 12.3. The molecular weight excluding hydrogens is 373 g/mol. The zero-order chi connectivity index (χ0) is 18.9. The van der Waals surface area contributed by atoms with Crippen LogP contribution in [-0.2, 0) is 13.6 Å². The van der Waals surface area contributed by atoms with E-state index in [9.17, 15) is 18.0 Å². The standard InChI is InChI=1S/C14H13F3N6O2S/c1-22-4-8(3-18-22)13-20-10(6-26-13)11(24)19-9-5-23(7-14(15,16)17)21-12(9)25-2/h3-6H,7H2,1-2H3,(H,19,24). The minimum Gasteiger partial charge on any atom is -0.478 e. The Bertz CT molecular complexity index is 929. The van der Waals surface area contributed by atoms with Gasteiger partial charge in [0.1, 0.15) is 22.9 Å². The minimum absolute atomic E-state index is 0.0256. The number of methoxy groups -OCH3 is 1. The van der Waals surface area contributed by atoms with Gasteiger partial charge in [-0.2, -0.15) is 18.3 Å². The Labute approximate surface area is 149 Å². The number of hydrogen-bond acceptors (Lipinski definition) is 6. The zero-order valence-electron chi connectivity index (χ0n) is 13.6. The Morgan fingerprint density at radius 3 is 2.77 bits per heavy atom. The highest BCUT2D eigenvalue weighted by molar-refractivity contribution is 7.13. The van der Waals surface area contributed by atoms with Crippen LogP contribution < -0.4 is 10.1 Å². The van der Waals surface area contributed by atoms with Crippen LogP contribution in [0.15, 0.2) is 24.0 Å². The van der Waals surface area contributed by atoms with Crippen molar-refractivity contribution in [3.05, 3.63) is 29.7 Å². The van der Waals surface area contributed by atoms with E-state index >= 15 is 0 Å². The number of aryl methyl sites for hydroxylation is 1. The van der Waals surface area contributed by atoms with E-state index in [2.05, 4.69) is 20.5 Å². The van der Waals surface area contributed by atoms with Crippen LogP contribution in [0, 0.1) is 0 Å². The smallest absolute Gasteiger partial charge is 0.408 e. The summed E-state index contributed by atoms with van der Waals surface area (Å²) in [6.07, 6.45) is -0.0140. The first kappa shape index (κ1) is 17.9. The van der Waals surface area contributed by atoms with Crippen molar-refractivity contribution in [2.75, 3.05) is 12.4 Å². The zero-order valence-corrected chi connectivity index (χ0v) is 14.4. The van der Waals surface area contributed by atoms with E-state index in [4.69, 9.17) is 4.74 Å². The maximum absolute atomic E-state index is 12.5. The molecule has 138 valence electrons. The maximum Gasteiger partial charge on any atom is 0.408 e. The summed E-state index contributed by atoms with van der Waals surface area (Å²) in [6.45, 7) is -1.29. The number of halogens is 3. The highest BCUT2D eigenvalue weighted by Gasteiger charge is 2.29. The Hall–Kier alpha value is -2.89. The molecule has 0 spiro atoms. The number of ether oxygens (including phenoxy) is 1. The predicted molar refractivity (Wildman–Crippen MR) is 87.1 cm³/mol. The lowest BCUT2D eigenvalue weighted by Gasteiger charge is -2.04. The monoisotopic (exact) mass is 386 g/mol. The number of amides is 1. The molecule has 3 rings (SSSR count). The summed E-state index contributed by atoms with van der Waals surface area (Å²) in [4.78, 5) is 16.5. The molecular formula is C14H13F3N6O2S. The molecule has 3 aromatic heterocycles. The molecule has 3 heterocycles. The molecule has 3 aromatic rings. The predicted octanol–water partition coefficient (Wildman–Crippen LogP) is 2.56. The van der Waals surface area contributed by atoms with Crippen LogP contribution in [0.3, 0.4) is 0 Å². The highest BCUT2D eigenvalue weighted by Crippen LogP contribution is 2.27. The fourth-order valence-corrected chi connectivity index (χ4v) is 2.91. The van der Waals surface area contributed by atoms with Gasteiger partial charge in [-0.05, 0) is 0 Å². The molecule has 0 aliphatic carbocycles. The summed E-state index contributed by atoms with van der Waals surface area (Å²) in [5.41, 5.74) is 0.907. The van der Waals surface area contributed by atoms with Gasteiger partial charge in [-0.25, -0.2) is 4.98 Å². The molecule has 0 saturated carbocycles. The normalized spacial score (nSPS) is 11.6. The molecule has 0 saturated heterocycles. The number of nitrogens with zero attached hydrogens (tertiary/aromatic N) is 5. The Morgan fingerprint density at radius 2 is 2.15 bits per heavy atom. The average Bonchev–Trinajstić information content (AvgIpc) is 3.25. The average molecular weight is 386 g/mol. The number of carbonyl (C=O) groups is 1. The van der Waals surface area contributed by atoms with Crippen LogP contribution in [0.2, 0.25) is 0 Å². The highest BCUT2D eigenvalue weighted by atomic mass is 32.1. The minimum atomic E-state index is -4.44. The second-order valence-corrected chi connectivity index (χ2v) is 6.12. The Kier molecular flexibility index (Phi) is 4.68. The van der Waals surface area contributed by atoms with E-state index in [1.807, 2.05) is 0 Å². The van der Waals surface area contributed by atoms with Crippen molar-refractivity contribution < 1.29 is 22.7 Å². The molecule has 1 amide bonds. The quantitative estimate of drug-likeness (QED) is 0.728. The van der Waals surface area contributed by atoms with Crippen LogP contribution in [0.5, 0.6) is 5.88 Å². The number of hydrogen-bond donors (Lipinski definition) is 1. The van der Waals surface area contributed by atoms with E-state index in [0.29, 0.717) is 9.69 Å². The third-order valence-corrected chi connectivity index (χ3v) is 4.09. The lowest BCUT2D eigenvalue weighted by atomic mass is 10.4. The third-order valence-electron chi connectivity index (χ3n) is 3.20. The number of carbonyl (C=O) groups excluding carboxylic acids is 1. The number of anilines is 1. The first-order chi connectivity index (χ1) is 12.2. The van der Waals surface area contributed by atoms with Gasteiger partial charge in [0.15, 0.2) is 0 Å². The van der Waals surface area contributed by atoms with Gasteiger partial charge in [-0.15, -0.1) is 16.4 Å². The van der Waals surface area contributed by atoms with E-state index < -0.39 is 18.6 Å². The fraction of sp³-hybridized carbons (Fsp3) is 0.286. The molecule has 0 unspecified atom stereocenters. The van der Waals surface area contributed by atoms with Crippen LogP contribution in [0.25, 0.3) is 10.6 Å². The molecule has 12 heteroatoms. The summed E-state index contributed by atoms with van der Waals surface area (Å²) < 4.78 is 44.6. The number of nitrogens with one attached hydrogen (secondary N) is 1. The second-order valence-electron chi connectivity index (χ2n) is 5.26. The first-order valence-corrected chi connectivity index (χ1v) is 8.07. The van der Waals surface area contributed by atoms with Crippen molar-refractivity contribution in [2.45, 2.75) is 12.7 Å². The van der Waals surface area contributed by atoms with Gasteiger partial charge in [0, 0.05) is 24.2 Å². The van der Waals surface area contributed by atoms with Crippen molar-refractivity contribution in [3.63, 3.8) is 0 Å². The van der Waals surface area contributed by atoms with E-state index in [1.165, 1.54) is 18.4 Å². The maximum atomic E-state index is 12.5. The van der Waals surface area contributed by atoms with E-state index in [-0.39, 0.29) is 17.3 Å². The summed E-state index contributed by atoms with van der Waals surface area (Å²) in [5.74, 6) is -0.702. The molecule has 1 N–H and O–H groups in total. The van der Waals surface area contributed by atoms with Crippen LogP contribution in [-0.4, -0.2) is 43.7 Å². The number of aromatic nitrogens is 5. The van der Waals surface area contributed by atoms with Gasteiger partial charge < -0.3 is 10.1 Å². The van der Waals surface area contributed by atoms with Crippen LogP contribution >= 0.6 is 11.3 Å². The largest absolute Gasteiger partial charge is 0.478 e. The summed E-state index contributed by atoms with van der Waals surface area (Å²) in [7, 11) is 3.01. The van der Waals surface area contributed by atoms with Crippen molar-refractivity contribution in [1.82, 2.24) is 24.5 Å². The van der Waals surface area contributed by atoms with Gasteiger partial charge in [0.05, 0.1) is 19.5 Å². The molecule has 0 aliphatic rings. The molecule has 0 aliphatic heterocycles. The van der Waals surface area contributed by atoms with E-state index in [0.717, 1.165) is 11.8 Å². The molecule has 0 bridgehead atoms. The summed E-state index contributed by atoms with van der Waals surface area (Å²) in [6, 6.07) is 0. The Balaban J connectivity index is 1.76. The first-order valence-electron chi connectivity index (χ1n) is 7.19. The molecule has 0 fully saturated rings. The van der Waals surface area contributed by atoms with Crippen molar-refractivity contribution in [2.24, 2.45) is 7.05 Å². The SMILES string of the molecule is COc1nn(CC(F)(F)F)cc1NC(=O)c1csc(-c2cnn(C)c2)n1. The van der Waals surface area contributed by atoms with Crippen molar-refractivity contribution >= 4 is 22.9 Å². The number of rotatable bonds is 5. The van der Waals surface area contributed by atoms with Gasteiger partial charge in [-0.1, -0.05) is 0 Å². The van der Waals surface area contributed by atoms with Gasteiger partial charge in [0.25, 0.3) is 11.8 Å². The fourth-order valence-electron chi connectivity index (χ4n) is 2.13. The van der Waals surface area contributed by atoms with Crippen LogP contribution in [0.4, 0.5) is 18.9 Å². The molecule has 0 atom stereocenters. The molecule has 26 heavy (non-hydrogen) atoms. The number of thiazole rings is 1. The van der Waals surface area contributed by atoms with E-state index in [1.54, 1.807) is 29.5 Å². The summed E-state index contributed by atoms with van der Waals surface area (Å²) >= 11 is 1.25. The topological polar surface area (TPSA) is 86.9 Å². The van der Waals surface area contributed by atoms with Gasteiger partial charge >= 0.3 is 6.18 Å².